The maximum atomic E-state index is 11.7. The highest BCUT2D eigenvalue weighted by Crippen LogP contribution is 2.21. The van der Waals surface area contributed by atoms with Gasteiger partial charge in [-0.3, -0.25) is 9.59 Å². The maximum absolute atomic E-state index is 11.7. The smallest absolute Gasteiger partial charge is 0.228 e. The van der Waals surface area contributed by atoms with Crippen molar-refractivity contribution in [3.63, 3.8) is 0 Å². The Hall–Kier alpha value is -1.82. The second-order valence-corrected chi connectivity index (χ2v) is 4.22. The van der Waals surface area contributed by atoms with E-state index in [9.17, 15) is 9.59 Å². The van der Waals surface area contributed by atoms with Crippen molar-refractivity contribution >= 4 is 11.8 Å². The molecule has 0 aliphatic carbocycles. The van der Waals surface area contributed by atoms with Crippen LogP contribution in [-0.4, -0.2) is 30.6 Å². The standard InChI is InChI=1S/C11H14N2O4/c12-9(14)5-11(6-16-7-11)13-10(15)4-8-2-1-3-17-8/h1-3H,4-7H2,(H2,12,14)(H,13,15). The van der Waals surface area contributed by atoms with Crippen molar-refractivity contribution in [3.8, 4) is 0 Å². The van der Waals surface area contributed by atoms with Crippen LogP contribution in [0.4, 0.5) is 0 Å². The van der Waals surface area contributed by atoms with Crippen LogP contribution in [0.25, 0.3) is 0 Å². The van der Waals surface area contributed by atoms with Crippen LogP contribution in [0.5, 0.6) is 0 Å². The van der Waals surface area contributed by atoms with Gasteiger partial charge in [0.2, 0.25) is 11.8 Å². The number of rotatable bonds is 5. The summed E-state index contributed by atoms with van der Waals surface area (Å²) in [6.07, 6.45) is 1.75. The van der Waals surface area contributed by atoms with Crippen molar-refractivity contribution in [1.29, 1.82) is 0 Å². The molecule has 2 rings (SSSR count). The second kappa shape index (κ2) is 4.58. The van der Waals surface area contributed by atoms with Crippen LogP contribution >= 0.6 is 0 Å². The molecule has 1 fully saturated rings. The number of hydrogen-bond acceptors (Lipinski definition) is 4. The van der Waals surface area contributed by atoms with Crippen LogP contribution in [0.1, 0.15) is 12.2 Å². The molecule has 1 aliphatic rings. The van der Waals surface area contributed by atoms with Crippen LogP contribution in [0.3, 0.4) is 0 Å². The zero-order valence-electron chi connectivity index (χ0n) is 9.27. The first-order chi connectivity index (χ1) is 8.10. The molecule has 2 heterocycles. The average molecular weight is 238 g/mol. The topological polar surface area (TPSA) is 94.6 Å². The van der Waals surface area contributed by atoms with Gasteiger partial charge in [0.15, 0.2) is 0 Å². The lowest BCUT2D eigenvalue weighted by atomic mass is 9.92. The molecular formula is C11H14N2O4. The predicted molar refractivity (Wildman–Crippen MR) is 57.9 cm³/mol. The van der Waals surface area contributed by atoms with Gasteiger partial charge in [-0.1, -0.05) is 0 Å². The van der Waals surface area contributed by atoms with Crippen molar-refractivity contribution in [1.82, 2.24) is 5.32 Å². The minimum atomic E-state index is -0.629. The second-order valence-electron chi connectivity index (χ2n) is 4.22. The summed E-state index contributed by atoms with van der Waals surface area (Å²) in [5.74, 6) is -0.0759. The lowest BCUT2D eigenvalue weighted by Gasteiger charge is -2.41. The molecule has 1 saturated heterocycles. The largest absolute Gasteiger partial charge is 0.469 e. The van der Waals surface area contributed by atoms with Crippen molar-refractivity contribution < 1.29 is 18.7 Å². The van der Waals surface area contributed by atoms with Crippen LogP contribution < -0.4 is 11.1 Å². The Bertz CT molecular complexity index is 409. The van der Waals surface area contributed by atoms with E-state index in [1.54, 1.807) is 12.1 Å². The van der Waals surface area contributed by atoms with E-state index in [0.29, 0.717) is 19.0 Å². The van der Waals surface area contributed by atoms with Crippen LogP contribution in [0.15, 0.2) is 22.8 Å². The third kappa shape index (κ3) is 2.85. The summed E-state index contributed by atoms with van der Waals surface area (Å²) in [5, 5.41) is 2.77. The highest BCUT2D eigenvalue weighted by atomic mass is 16.5. The molecule has 0 spiro atoms. The minimum Gasteiger partial charge on any atom is -0.469 e. The SMILES string of the molecule is NC(=O)CC1(NC(=O)Cc2ccco2)COC1. The van der Waals surface area contributed by atoms with E-state index >= 15 is 0 Å². The molecule has 92 valence electrons. The highest BCUT2D eigenvalue weighted by Gasteiger charge is 2.41. The van der Waals surface area contributed by atoms with Gasteiger partial charge in [0.25, 0.3) is 0 Å². The van der Waals surface area contributed by atoms with E-state index in [1.807, 2.05) is 0 Å². The number of carbonyl (C=O) groups excluding carboxylic acids is 2. The van der Waals surface area contributed by atoms with Gasteiger partial charge >= 0.3 is 0 Å². The Balaban J connectivity index is 1.90. The fraction of sp³-hybridized carbons (Fsp3) is 0.455. The molecule has 1 aliphatic heterocycles. The van der Waals surface area contributed by atoms with Gasteiger partial charge in [0.1, 0.15) is 5.76 Å². The third-order valence-corrected chi connectivity index (χ3v) is 2.59. The quantitative estimate of drug-likeness (QED) is 0.728. The fourth-order valence-corrected chi connectivity index (χ4v) is 1.81. The van der Waals surface area contributed by atoms with E-state index in [0.717, 1.165) is 0 Å². The summed E-state index contributed by atoms with van der Waals surface area (Å²) in [7, 11) is 0. The first kappa shape index (κ1) is 11.7. The summed E-state index contributed by atoms with van der Waals surface area (Å²) in [6.45, 7) is 0.639. The summed E-state index contributed by atoms with van der Waals surface area (Å²) < 4.78 is 10.1. The fourth-order valence-electron chi connectivity index (χ4n) is 1.81. The molecule has 6 nitrogen and oxygen atoms in total. The van der Waals surface area contributed by atoms with Crippen molar-refractivity contribution in [2.45, 2.75) is 18.4 Å². The first-order valence-corrected chi connectivity index (χ1v) is 5.29. The molecule has 3 N–H and O–H groups in total. The van der Waals surface area contributed by atoms with Gasteiger partial charge < -0.3 is 20.2 Å². The molecule has 2 amide bonds. The lowest BCUT2D eigenvalue weighted by Crippen LogP contribution is -2.63. The number of carbonyl (C=O) groups is 2. The van der Waals surface area contributed by atoms with Gasteiger partial charge in [0.05, 0.1) is 37.9 Å². The number of primary amides is 1. The van der Waals surface area contributed by atoms with Gasteiger partial charge in [-0.2, -0.15) is 0 Å². The van der Waals surface area contributed by atoms with E-state index in [2.05, 4.69) is 5.32 Å². The Morgan fingerprint density at radius 2 is 2.24 bits per heavy atom. The first-order valence-electron chi connectivity index (χ1n) is 5.29. The monoisotopic (exact) mass is 238 g/mol. The van der Waals surface area contributed by atoms with Gasteiger partial charge in [-0.25, -0.2) is 0 Å². The van der Waals surface area contributed by atoms with E-state index in [4.69, 9.17) is 14.9 Å². The molecule has 17 heavy (non-hydrogen) atoms. The molecule has 6 heteroatoms. The average Bonchev–Trinajstić information content (AvgIpc) is 2.66. The number of ether oxygens (including phenoxy) is 1. The molecule has 0 unspecified atom stereocenters. The highest BCUT2D eigenvalue weighted by molar-refractivity contribution is 5.81. The Morgan fingerprint density at radius 1 is 1.47 bits per heavy atom. The molecule has 1 aromatic rings. The van der Waals surface area contributed by atoms with Crippen LogP contribution in [0.2, 0.25) is 0 Å². The molecule has 0 aromatic carbocycles. The van der Waals surface area contributed by atoms with Crippen molar-refractivity contribution in [2.24, 2.45) is 5.73 Å². The summed E-state index contributed by atoms with van der Waals surface area (Å²) in [5.41, 5.74) is 4.51. The Morgan fingerprint density at radius 3 is 2.71 bits per heavy atom. The third-order valence-electron chi connectivity index (χ3n) is 2.59. The molecule has 0 atom stereocenters. The summed E-state index contributed by atoms with van der Waals surface area (Å²) in [6, 6.07) is 3.44. The van der Waals surface area contributed by atoms with Crippen molar-refractivity contribution in [2.75, 3.05) is 13.2 Å². The predicted octanol–water partition coefficient (Wildman–Crippen LogP) is -0.417. The molecule has 0 radical (unpaired) electrons. The summed E-state index contributed by atoms with van der Waals surface area (Å²) in [4.78, 5) is 22.6. The zero-order valence-corrected chi connectivity index (χ0v) is 9.27. The normalized spacial score (nSPS) is 17.2. The summed E-state index contributed by atoms with van der Waals surface area (Å²) >= 11 is 0. The van der Waals surface area contributed by atoms with E-state index in [1.165, 1.54) is 6.26 Å². The van der Waals surface area contributed by atoms with Crippen LogP contribution in [-0.2, 0) is 20.7 Å². The number of hydrogen-bond donors (Lipinski definition) is 2. The number of nitrogens with one attached hydrogen (secondary N) is 1. The lowest BCUT2D eigenvalue weighted by molar-refractivity contribution is -0.138. The zero-order chi connectivity index (χ0) is 12.3. The van der Waals surface area contributed by atoms with Gasteiger partial charge in [-0.05, 0) is 12.1 Å². The molecule has 0 bridgehead atoms. The number of amides is 2. The van der Waals surface area contributed by atoms with Crippen molar-refractivity contribution in [3.05, 3.63) is 24.2 Å². The molecule has 1 aromatic heterocycles. The maximum Gasteiger partial charge on any atom is 0.228 e. The number of nitrogens with two attached hydrogens (primary N) is 1. The molecular weight excluding hydrogens is 224 g/mol. The van der Waals surface area contributed by atoms with Gasteiger partial charge in [-0.15, -0.1) is 0 Å². The Kier molecular flexibility index (Phi) is 3.14. The van der Waals surface area contributed by atoms with E-state index < -0.39 is 11.4 Å². The van der Waals surface area contributed by atoms with Gasteiger partial charge in [0, 0.05) is 0 Å². The van der Waals surface area contributed by atoms with E-state index in [-0.39, 0.29) is 18.7 Å². The minimum absolute atomic E-state index is 0.0941. The van der Waals surface area contributed by atoms with Crippen LogP contribution in [0, 0.1) is 0 Å². The Labute approximate surface area is 98.1 Å². The molecule has 0 saturated carbocycles. The number of furan rings is 1.